The fourth-order valence-corrected chi connectivity index (χ4v) is 1.81. The Morgan fingerprint density at radius 1 is 1.38 bits per heavy atom. The average Bonchev–Trinajstić information content (AvgIpc) is 2.62. The minimum atomic E-state index is 0.794. The van der Waals surface area contributed by atoms with E-state index in [2.05, 4.69) is 35.5 Å². The Kier molecular flexibility index (Phi) is 3.01. The van der Waals surface area contributed by atoms with Gasteiger partial charge in [0.1, 0.15) is 0 Å². The SMILES string of the molecule is C/C(=C/Cl)Cn1cnc2cc(C)c(C)cc21. The fraction of sp³-hybridized carbons (Fsp3) is 0.308. The minimum absolute atomic E-state index is 0.794. The second-order valence-corrected chi connectivity index (χ2v) is 4.47. The highest BCUT2D eigenvalue weighted by Crippen LogP contribution is 2.19. The number of hydrogen-bond acceptors (Lipinski definition) is 1. The number of fused-ring (bicyclic) bond motifs is 1. The summed E-state index contributed by atoms with van der Waals surface area (Å²) in [6, 6.07) is 4.31. The number of aryl methyl sites for hydroxylation is 2. The van der Waals surface area contributed by atoms with Crippen molar-refractivity contribution in [2.75, 3.05) is 0 Å². The maximum absolute atomic E-state index is 5.68. The molecular weight excluding hydrogens is 220 g/mol. The summed E-state index contributed by atoms with van der Waals surface area (Å²) in [5.74, 6) is 0. The third-order valence-electron chi connectivity index (χ3n) is 2.84. The van der Waals surface area contributed by atoms with Crippen molar-refractivity contribution in [1.29, 1.82) is 0 Å². The second-order valence-electron chi connectivity index (χ2n) is 4.25. The number of benzene rings is 1. The zero-order valence-electron chi connectivity index (χ0n) is 9.79. The smallest absolute Gasteiger partial charge is 0.0961 e. The molecule has 84 valence electrons. The first-order chi connectivity index (χ1) is 7.61. The van der Waals surface area contributed by atoms with Gasteiger partial charge in [-0.05, 0) is 49.6 Å². The highest BCUT2D eigenvalue weighted by atomic mass is 35.5. The molecule has 0 unspecified atom stereocenters. The molecule has 0 amide bonds. The first kappa shape index (κ1) is 11.2. The van der Waals surface area contributed by atoms with Gasteiger partial charge in [0.2, 0.25) is 0 Å². The molecule has 2 rings (SSSR count). The molecule has 3 heteroatoms. The number of imidazole rings is 1. The van der Waals surface area contributed by atoms with Crippen LogP contribution in [0.1, 0.15) is 18.1 Å². The Bertz CT molecular complexity index is 552. The Labute approximate surface area is 101 Å². The van der Waals surface area contributed by atoms with E-state index < -0.39 is 0 Å². The molecule has 0 aliphatic heterocycles. The summed E-state index contributed by atoms with van der Waals surface area (Å²) in [4.78, 5) is 4.40. The fourth-order valence-electron chi connectivity index (χ4n) is 1.74. The van der Waals surface area contributed by atoms with Gasteiger partial charge in [-0.3, -0.25) is 0 Å². The highest BCUT2D eigenvalue weighted by Gasteiger charge is 2.04. The Hall–Kier alpha value is -1.28. The summed E-state index contributed by atoms with van der Waals surface area (Å²) < 4.78 is 2.12. The van der Waals surface area contributed by atoms with E-state index in [1.165, 1.54) is 16.6 Å². The molecule has 2 nitrogen and oxygen atoms in total. The summed E-state index contributed by atoms with van der Waals surface area (Å²) in [5, 5.41) is 0. The molecule has 0 bridgehead atoms. The van der Waals surface area contributed by atoms with Crippen LogP contribution in [-0.4, -0.2) is 9.55 Å². The predicted molar refractivity (Wildman–Crippen MR) is 68.8 cm³/mol. The van der Waals surface area contributed by atoms with Crippen molar-refractivity contribution in [2.45, 2.75) is 27.3 Å². The number of aromatic nitrogens is 2. The van der Waals surface area contributed by atoms with Crippen molar-refractivity contribution in [3.05, 3.63) is 40.7 Å². The van der Waals surface area contributed by atoms with Gasteiger partial charge in [0.15, 0.2) is 0 Å². The van der Waals surface area contributed by atoms with E-state index >= 15 is 0 Å². The van der Waals surface area contributed by atoms with E-state index in [-0.39, 0.29) is 0 Å². The van der Waals surface area contributed by atoms with Crippen molar-refractivity contribution < 1.29 is 0 Å². The normalized spacial score (nSPS) is 12.4. The van der Waals surface area contributed by atoms with Gasteiger partial charge in [0.05, 0.1) is 17.4 Å². The molecule has 0 aliphatic rings. The lowest BCUT2D eigenvalue weighted by Gasteiger charge is -2.05. The van der Waals surface area contributed by atoms with Crippen LogP contribution in [0.4, 0.5) is 0 Å². The largest absolute Gasteiger partial charge is 0.326 e. The molecule has 0 radical (unpaired) electrons. The number of rotatable bonds is 2. The van der Waals surface area contributed by atoms with Gasteiger partial charge in [0.25, 0.3) is 0 Å². The van der Waals surface area contributed by atoms with Crippen LogP contribution in [0.15, 0.2) is 29.6 Å². The summed E-state index contributed by atoms with van der Waals surface area (Å²) in [7, 11) is 0. The summed E-state index contributed by atoms with van der Waals surface area (Å²) in [5.41, 5.74) is 7.53. The van der Waals surface area contributed by atoms with Gasteiger partial charge in [0, 0.05) is 12.1 Å². The van der Waals surface area contributed by atoms with Gasteiger partial charge in [-0.2, -0.15) is 0 Å². The number of allylic oxidation sites excluding steroid dienone is 1. The van der Waals surface area contributed by atoms with Gasteiger partial charge >= 0.3 is 0 Å². The molecule has 1 heterocycles. The molecule has 0 fully saturated rings. The molecule has 0 N–H and O–H groups in total. The zero-order chi connectivity index (χ0) is 11.7. The standard InChI is InChI=1S/C13H15ClN2/c1-9(6-14)7-16-8-15-12-4-10(2)11(3)5-13(12)16/h4-6,8H,7H2,1-3H3/b9-6-. The van der Waals surface area contributed by atoms with E-state index in [4.69, 9.17) is 11.6 Å². The van der Waals surface area contributed by atoms with Crippen LogP contribution in [0.2, 0.25) is 0 Å². The lowest BCUT2D eigenvalue weighted by Crippen LogP contribution is -1.97. The molecule has 0 saturated heterocycles. The van der Waals surface area contributed by atoms with Crippen LogP contribution < -0.4 is 0 Å². The van der Waals surface area contributed by atoms with Crippen LogP contribution in [0.5, 0.6) is 0 Å². The third kappa shape index (κ3) is 1.98. The second kappa shape index (κ2) is 4.30. The molecule has 0 spiro atoms. The van der Waals surface area contributed by atoms with Crippen LogP contribution in [-0.2, 0) is 6.54 Å². The molecule has 1 aromatic heterocycles. The van der Waals surface area contributed by atoms with Crippen LogP contribution in [0.3, 0.4) is 0 Å². The van der Waals surface area contributed by atoms with Gasteiger partial charge in [-0.15, -0.1) is 0 Å². The summed E-state index contributed by atoms with van der Waals surface area (Å²) >= 11 is 5.68. The van der Waals surface area contributed by atoms with Gasteiger partial charge in [-0.1, -0.05) is 11.6 Å². The van der Waals surface area contributed by atoms with E-state index in [9.17, 15) is 0 Å². The van der Waals surface area contributed by atoms with E-state index in [0.717, 1.165) is 17.6 Å². The summed E-state index contributed by atoms with van der Waals surface area (Å²) in [6.45, 7) is 7.04. The Balaban J connectivity index is 2.52. The predicted octanol–water partition coefficient (Wildman–Crippen LogP) is 3.80. The van der Waals surface area contributed by atoms with E-state index in [1.54, 1.807) is 5.54 Å². The van der Waals surface area contributed by atoms with Crippen LogP contribution in [0, 0.1) is 13.8 Å². The van der Waals surface area contributed by atoms with Crippen molar-refractivity contribution in [1.82, 2.24) is 9.55 Å². The van der Waals surface area contributed by atoms with Crippen LogP contribution in [0.25, 0.3) is 11.0 Å². The molecule has 2 aromatic rings. The third-order valence-corrected chi connectivity index (χ3v) is 3.22. The Morgan fingerprint density at radius 3 is 2.75 bits per heavy atom. The molecule has 0 aliphatic carbocycles. The van der Waals surface area contributed by atoms with E-state index in [1.807, 2.05) is 13.3 Å². The molecule has 1 aromatic carbocycles. The number of hydrogen-bond donors (Lipinski definition) is 0. The maximum atomic E-state index is 5.68. The zero-order valence-corrected chi connectivity index (χ0v) is 10.5. The monoisotopic (exact) mass is 234 g/mol. The lowest BCUT2D eigenvalue weighted by atomic mass is 10.1. The maximum Gasteiger partial charge on any atom is 0.0961 e. The van der Waals surface area contributed by atoms with Crippen molar-refractivity contribution in [3.63, 3.8) is 0 Å². The van der Waals surface area contributed by atoms with E-state index in [0.29, 0.717) is 0 Å². The first-order valence-corrected chi connectivity index (χ1v) is 5.73. The average molecular weight is 235 g/mol. The lowest BCUT2D eigenvalue weighted by molar-refractivity contribution is 0.809. The topological polar surface area (TPSA) is 17.8 Å². The Morgan fingerprint density at radius 2 is 2.06 bits per heavy atom. The number of halogens is 1. The molecular formula is C13H15ClN2. The number of nitrogens with zero attached hydrogens (tertiary/aromatic N) is 2. The summed E-state index contributed by atoms with van der Waals surface area (Å²) in [6.07, 6.45) is 1.87. The molecule has 0 atom stereocenters. The van der Waals surface area contributed by atoms with Crippen molar-refractivity contribution in [2.24, 2.45) is 0 Å². The quantitative estimate of drug-likeness (QED) is 0.773. The van der Waals surface area contributed by atoms with Crippen molar-refractivity contribution >= 4 is 22.6 Å². The van der Waals surface area contributed by atoms with Crippen LogP contribution >= 0.6 is 11.6 Å². The van der Waals surface area contributed by atoms with Crippen molar-refractivity contribution in [3.8, 4) is 0 Å². The van der Waals surface area contributed by atoms with Gasteiger partial charge in [-0.25, -0.2) is 4.98 Å². The van der Waals surface area contributed by atoms with Gasteiger partial charge < -0.3 is 4.57 Å². The highest BCUT2D eigenvalue weighted by molar-refractivity contribution is 6.25. The molecule has 16 heavy (non-hydrogen) atoms. The first-order valence-electron chi connectivity index (χ1n) is 5.29. The minimum Gasteiger partial charge on any atom is -0.326 e. The molecule has 0 saturated carbocycles.